The van der Waals surface area contributed by atoms with E-state index in [4.69, 9.17) is 4.74 Å². The van der Waals surface area contributed by atoms with Crippen LogP contribution >= 0.6 is 0 Å². The number of rotatable bonds is 5. The van der Waals surface area contributed by atoms with Gasteiger partial charge in [0.05, 0.1) is 12.7 Å². The van der Waals surface area contributed by atoms with Gasteiger partial charge in [-0.3, -0.25) is 9.69 Å². The first-order chi connectivity index (χ1) is 9.63. The molecule has 1 atom stereocenters. The van der Waals surface area contributed by atoms with Gasteiger partial charge in [-0.2, -0.15) is 0 Å². The summed E-state index contributed by atoms with van der Waals surface area (Å²) in [6.07, 6.45) is 6.35. The van der Waals surface area contributed by atoms with Gasteiger partial charge in [-0.15, -0.1) is 0 Å². The zero-order chi connectivity index (χ0) is 14.1. The van der Waals surface area contributed by atoms with Gasteiger partial charge in [0.25, 0.3) is 0 Å². The summed E-state index contributed by atoms with van der Waals surface area (Å²) in [6.45, 7) is 8.08. The number of Topliss-reactive ketones (excluding diaryl/α,β-unsaturated/α-hetero) is 1. The lowest BCUT2D eigenvalue weighted by molar-refractivity contribution is -0.0455. The molecule has 0 bridgehead atoms. The van der Waals surface area contributed by atoms with Crippen LogP contribution in [-0.4, -0.2) is 47.1 Å². The van der Waals surface area contributed by atoms with Gasteiger partial charge in [-0.05, 0) is 32.8 Å². The summed E-state index contributed by atoms with van der Waals surface area (Å²) in [6, 6.07) is 2.52. The molecule has 0 spiro atoms. The Morgan fingerprint density at radius 1 is 1.45 bits per heavy atom. The Hall–Kier alpha value is -1.13. The smallest absolute Gasteiger partial charge is 0.167 e. The Morgan fingerprint density at radius 2 is 2.25 bits per heavy atom. The summed E-state index contributed by atoms with van der Waals surface area (Å²) in [5.41, 5.74) is 0.865. The molecule has 1 saturated heterocycles. The molecular weight excluding hydrogens is 252 g/mol. The number of hydrogen-bond donors (Lipinski definition) is 0. The predicted octanol–water partition coefficient (Wildman–Crippen LogP) is 2.19. The lowest BCUT2D eigenvalue weighted by atomic mass is 10.1. The first-order valence-corrected chi connectivity index (χ1v) is 7.69. The molecule has 2 fully saturated rings. The van der Waals surface area contributed by atoms with Crippen molar-refractivity contribution in [2.45, 2.75) is 45.4 Å². The first-order valence-electron chi connectivity index (χ1n) is 7.69. The highest BCUT2D eigenvalue weighted by molar-refractivity contribution is 5.99. The van der Waals surface area contributed by atoms with Crippen molar-refractivity contribution in [3.63, 3.8) is 0 Å². The highest BCUT2D eigenvalue weighted by Gasteiger charge is 2.31. The molecule has 3 rings (SSSR count). The summed E-state index contributed by atoms with van der Waals surface area (Å²) in [7, 11) is 0. The molecule has 0 aromatic carbocycles. The van der Waals surface area contributed by atoms with Crippen molar-refractivity contribution in [1.82, 2.24) is 9.47 Å². The van der Waals surface area contributed by atoms with Gasteiger partial charge in [0.15, 0.2) is 5.78 Å². The predicted molar refractivity (Wildman–Crippen MR) is 77.9 cm³/mol. The van der Waals surface area contributed by atoms with E-state index in [1.54, 1.807) is 0 Å². The van der Waals surface area contributed by atoms with Gasteiger partial charge in [0.1, 0.15) is 0 Å². The van der Waals surface area contributed by atoms with Crippen molar-refractivity contribution >= 4 is 5.78 Å². The molecule has 110 valence electrons. The van der Waals surface area contributed by atoms with Crippen molar-refractivity contribution in [3.05, 3.63) is 24.0 Å². The summed E-state index contributed by atoms with van der Waals surface area (Å²) < 4.78 is 7.95. The van der Waals surface area contributed by atoms with Crippen molar-refractivity contribution in [3.8, 4) is 0 Å². The standard InChI is InChI=1S/C16H24N2O2/c1-12(2)18-7-8-20-15(11-18)10-17-6-5-14(9-17)16(19)13-3-4-13/h5-6,9,12-13,15H,3-4,7-8,10-11H2,1-2H3. The Morgan fingerprint density at radius 3 is 2.95 bits per heavy atom. The van der Waals surface area contributed by atoms with E-state index in [0.717, 1.165) is 44.6 Å². The van der Waals surface area contributed by atoms with E-state index in [1.165, 1.54) is 0 Å². The van der Waals surface area contributed by atoms with Crippen molar-refractivity contribution in [2.75, 3.05) is 19.7 Å². The monoisotopic (exact) mass is 276 g/mol. The van der Waals surface area contributed by atoms with E-state index >= 15 is 0 Å². The largest absolute Gasteiger partial charge is 0.374 e. The van der Waals surface area contributed by atoms with Crippen LogP contribution in [0.3, 0.4) is 0 Å². The molecule has 1 aliphatic carbocycles. The molecular formula is C16H24N2O2. The third-order valence-corrected chi connectivity index (χ3v) is 4.30. The van der Waals surface area contributed by atoms with Crippen LogP contribution < -0.4 is 0 Å². The average Bonchev–Trinajstić information content (AvgIpc) is 3.19. The van der Waals surface area contributed by atoms with Crippen LogP contribution in [0.4, 0.5) is 0 Å². The van der Waals surface area contributed by atoms with Gasteiger partial charge in [0.2, 0.25) is 0 Å². The number of morpholine rings is 1. The fraction of sp³-hybridized carbons (Fsp3) is 0.688. The number of ketones is 1. The Labute approximate surface area is 120 Å². The highest BCUT2D eigenvalue weighted by Crippen LogP contribution is 2.32. The average molecular weight is 276 g/mol. The minimum Gasteiger partial charge on any atom is -0.374 e. The van der Waals surface area contributed by atoms with Gasteiger partial charge in [-0.1, -0.05) is 0 Å². The van der Waals surface area contributed by atoms with Gasteiger partial charge < -0.3 is 9.30 Å². The van der Waals surface area contributed by atoms with E-state index in [1.807, 2.05) is 18.5 Å². The maximum Gasteiger partial charge on any atom is 0.167 e. The third kappa shape index (κ3) is 3.13. The molecule has 4 nitrogen and oxygen atoms in total. The number of carbonyl (C=O) groups excluding carboxylic acids is 1. The Bertz CT molecular complexity index is 477. The van der Waals surface area contributed by atoms with Crippen LogP contribution in [0.5, 0.6) is 0 Å². The van der Waals surface area contributed by atoms with Gasteiger partial charge in [0, 0.05) is 49.6 Å². The van der Waals surface area contributed by atoms with Crippen molar-refractivity contribution < 1.29 is 9.53 Å². The van der Waals surface area contributed by atoms with Crippen LogP contribution in [0.1, 0.15) is 37.0 Å². The summed E-state index contributed by atoms with van der Waals surface area (Å²) in [5.74, 6) is 0.616. The molecule has 1 aromatic heterocycles. The van der Waals surface area contributed by atoms with Crippen LogP contribution in [0.2, 0.25) is 0 Å². The minimum atomic E-state index is 0.224. The first kappa shape index (κ1) is 13.8. The minimum absolute atomic E-state index is 0.224. The van der Waals surface area contributed by atoms with E-state index in [-0.39, 0.29) is 6.10 Å². The zero-order valence-corrected chi connectivity index (χ0v) is 12.4. The molecule has 1 aromatic rings. The quantitative estimate of drug-likeness (QED) is 0.773. The molecule has 2 aliphatic rings. The van der Waals surface area contributed by atoms with Crippen LogP contribution in [-0.2, 0) is 11.3 Å². The zero-order valence-electron chi connectivity index (χ0n) is 12.4. The second-order valence-electron chi connectivity index (χ2n) is 6.32. The van der Waals surface area contributed by atoms with Crippen molar-refractivity contribution in [2.24, 2.45) is 5.92 Å². The second-order valence-corrected chi connectivity index (χ2v) is 6.32. The fourth-order valence-corrected chi connectivity index (χ4v) is 2.84. The maximum atomic E-state index is 12.0. The molecule has 0 amide bonds. The van der Waals surface area contributed by atoms with E-state index < -0.39 is 0 Å². The number of nitrogens with zero attached hydrogens (tertiary/aromatic N) is 2. The molecule has 20 heavy (non-hydrogen) atoms. The second kappa shape index (κ2) is 5.70. The lowest BCUT2D eigenvalue weighted by Gasteiger charge is -2.35. The SMILES string of the molecule is CC(C)N1CCOC(Cn2ccc(C(=O)C3CC3)c2)C1. The lowest BCUT2D eigenvalue weighted by Crippen LogP contribution is -2.47. The van der Waals surface area contributed by atoms with Crippen molar-refractivity contribution in [1.29, 1.82) is 0 Å². The fourth-order valence-electron chi connectivity index (χ4n) is 2.84. The third-order valence-electron chi connectivity index (χ3n) is 4.30. The maximum absolute atomic E-state index is 12.0. The number of ether oxygens (including phenoxy) is 1. The van der Waals surface area contributed by atoms with E-state index in [0.29, 0.717) is 17.7 Å². The molecule has 0 N–H and O–H groups in total. The summed E-state index contributed by atoms with van der Waals surface area (Å²) in [4.78, 5) is 14.5. The number of hydrogen-bond acceptors (Lipinski definition) is 3. The van der Waals surface area contributed by atoms with E-state index in [2.05, 4.69) is 23.3 Å². The van der Waals surface area contributed by atoms with Gasteiger partial charge in [-0.25, -0.2) is 0 Å². The highest BCUT2D eigenvalue weighted by atomic mass is 16.5. The molecule has 4 heteroatoms. The number of aromatic nitrogens is 1. The summed E-state index contributed by atoms with van der Waals surface area (Å²) >= 11 is 0. The summed E-state index contributed by atoms with van der Waals surface area (Å²) in [5, 5.41) is 0. The van der Waals surface area contributed by atoms with E-state index in [9.17, 15) is 4.79 Å². The van der Waals surface area contributed by atoms with Crippen LogP contribution in [0.15, 0.2) is 18.5 Å². The molecule has 1 saturated carbocycles. The topological polar surface area (TPSA) is 34.5 Å². The van der Waals surface area contributed by atoms with Crippen LogP contribution in [0, 0.1) is 5.92 Å². The normalized spacial score (nSPS) is 24.2. The number of carbonyl (C=O) groups is 1. The molecule has 0 radical (unpaired) electrons. The molecule has 1 unspecified atom stereocenters. The van der Waals surface area contributed by atoms with Gasteiger partial charge >= 0.3 is 0 Å². The Kier molecular flexibility index (Phi) is 3.94. The van der Waals surface area contributed by atoms with Crippen LogP contribution in [0.25, 0.3) is 0 Å². The molecule has 1 aliphatic heterocycles. The Balaban J connectivity index is 1.58. The molecule has 2 heterocycles.